The van der Waals surface area contributed by atoms with Crippen LogP contribution in [0.5, 0.6) is 5.75 Å². The molecule has 0 spiro atoms. The summed E-state index contributed by atoms with van der Waals surface area (Å²) >= 11 is 6.43. The first-order chi connectivity index (χ1) is 17.5. The average molecular weight is 497 g/mol. The summed E-state index contributed by atoms with van der Waals surface area (Å²) in [6.45, 7) is 0.344. The standard InChI is InChI=1S/C29H21ClN2O4/c1-35-29(34)21-10-12-24(13-11-21)32-28(33)23(17-31)15-19-9-14-27(26(30)16-19)36-18-22-7-4-6-20-5-2-3-8-25(20)22/h2-16H,18H2,1H3,(H,32,33)/b23-15+. The summed E-state index contributed by atoms with van der Waals surface area (Å²) in [6, 6.07) is 27.2. The van der Waals surface area contributed by atoms with E-state index in [2.05, 4.69) is 10.1 Å². The Kier molecular flexibility index (Phi) is 7.64. The molecule has 0 aromatic heterocycles. The van der Waals surface area contributed by atoms with Crippen LogP contribution in [0, 0.1) is 11.3 Å². The molecule has 36 heavy (non-hydrogen) atoms. The molecule has 0 saturated carbocycles. The van der Waals surface area contributed by atoms with Crippen molar-refractivity contribution in [1.82, 2.24) is 0 Å². The van der Waals surface area contributed by atoms with Gasteiger partial charge in [-0.1, -0.05) is 60.1 Å². The molecule has 178 valence electrons. The van der Waals surface area contributed by atoms with Crippen LogP contribution in [0.3, 0.4) is 0 Å². The number of nitriles is 1. The molecule has 1 amide bonds. The largest absolute Gasteiger partial charge is 0.487 e. The van der Waals surface area contributed by atoms with E-state index in [-0.39, 0.29) is 5.57 Å². The molecular formula is C29H21ClN2O4. The van der Waals surface area contributed by atoms with Crippen molar-refractivity contribution in [2.75, 3.05) is 12.4 Å². The number of esters is 1. The molecule has 7 heteroatoms. The third kappa shape index (κ3) is 5.72. The average Bonchev–Trinajstić information content (AvgIpc) is 2.91. The number of halogens is 1. The number of carbonyl (C=O) groups is 2. The van der Waals surface area contributed by atoms with Crippen LogP contribution in [-0.2, 0) is 16.1 Å². The quantitative estimate of drug-likeness (QED) is 0.181. The lowest BCUT2D eigenvalue weighted by Crippen LogP contribution is -2.13. The zero-order chi connectivity index (χ0) is 25.5. The van der Waals surface area contributed by atoms with Crippen molar-refractivity contribution < 1.29 is 19.1 Å². The maximum absolute atomic E-state index is 12.6. The van der Waals surface area contributed by atoms with Crippen LogP contribution in [0.25, 0.3) is 16.8 Å². The van der Waals surface area contributed by atoms with Gasteiger partial charge in [0.25, 0.3) is 5.91 Å². The highest BCUT2D eigenvalue weighted by molar-refractivity contribution is 6.32. The van der Waals surface area contributed by atoms with Crippen LogP contribution >= 0.6 is 11.6 Å². The number of hydrogen-bond donors (Lipinski definition) is 1. The Balaban J connectivity index is 1.45. The second-order valence-corrected chi connectivity index (χ2v) is 8.22. The van der Waals surface area contributed by atoms with Crippen LogP contribution in [-0.4, -0.2) is 19.0 Å². The predicted octanol–water partition coefficient (Wildman–Crippen LogP) is 6.40. The van der Waals surface area contributed by atoms with Gasteiger partial charge in [0.2, 0.25) is 0 Å². The molecule has 0 unspecified atom stereocenters. The molecule has 0 aliphatic carbocycles. The fourth-order valence-electron chi connectivity index (χ4n) is 3.62. The fraction of sp³-hybridized carbons (Fsp3) is 0.0690. The Labute approximate surface area is 213 Å². The number of fused-ring (bicyclic) bond motifs is 1. The molecule has 0 heterocycles. The van der Waals surface area contributed by atoms with Gasteiger partial charge in [-0.05, 0) is 64.4 Å². The maximum atomic E-state index is 12.6. The number of hydrogen-bond acceptors (Lipinski definition) is 5. The van der Waals surface area contributed by atoms with Crippen molar-refractivity contribution in [2.45, 2.75) is 6.61 Å². The molecule has 4 rings (SSSR count). The zero-order valence-corrected chi connectivity index (χ0v) is 20.1. The van der Waals surface area contributed by atoms with E-state index in [9.17, 15) is 14.9 Å². The van der Waals surface area contributed by atoms with E-state index in [4.69, 9.17) is 16.3 Å². The first-order valence-electron chi connectivity index (χ1n) is 11.0. The highest BCUT2D eigenvalue weighted by Gasteiger charge is 2.12. The first-order valence-corrected chi connectivity index (χ1v) is 11.4. The van der Waals surface area contributed by atoms with Gasteiger partial charge in [0.1, 0.15) is 24.0 Å². The van der Waals surface area contributed by atoms with Gasteiger partial charge in [-0.15, -0.1) is 0 Å². The van der Waals surface area contributed by atoms with E-state index >= 15 is 0 Å². The van der Waals surface area contributed by atoms with Gasteiger partial charge in [-0.2, -0.15) is 5.26 Å². The number of benzene rings is 4. The number of methoxy groups -OCH3 is 1. The van der Waals surface area contributed by atoms with Crippen molar-refractivity contribution in [2.24, 2.45) is 0 Å². The monoisotopic (exact) mass is 496 g/mol. The molecule has 0 atom stereocenters. The maximum Gasteiger partial charge on any atom is 0.337 e. The molecule has 0 aliphatic heterocycles. The minimum absolute atomic E-state index is 0.104. The lowest BCUT2D eigenvalue weighted by Gasteiger charge is -2.11. The fourth-order valence-corrected chi connectivity index (χ4v) is 3.86. The number of nitrogens with one attached hydrogen (secondary N) is 1. The zero-order valence-electron chi connectivity index (χ0n) is 19.3. The summed E-state index contributed by atoms with van der Waals surface area (Å²) in [5, 5.41) is 14.7. The van der Waals surface area contributed by atoms with E-state index in [0.29, 0.717) is 34.2 Å². The molecule has 6 nitrogen and oxygen atoms in total. The van der Waals surface area contributed by atoms with Crippen LogP contribution in [0.15, 0.2) is 90.5 Å². The molecular weight excluding hydrogens is 476 g/mol. The van der Waals surface area contributed by atoms with Gasteiger partial charge < -0.3 is 14.8 Å². The van der Waals surface area contributed by atoms with Crippen molar-refractivity contribution in [3.8, 4) is 11.8 Å². The minimum Gasteiger partial charge on any atom is -0.487 e. The Bertz CT molecular complexity index is 1500. The second-order valence-electron chi connectivity index (χ2n) is 7.81. The molecule has 0 radical (unpaired) electrons. The molecule has 0 aliphatic rings. The lowest BCUT2D eigenvalue weighted by atomic mass is 10.1. The second kappa shape index (κ2) is 11.2. The number of rotatable bonds is 7. The number of anilines is 1. The van der Waals surface area contributed by atoms with Crippen LogP contribution in [0.4, 0.5) is 5.69 Å². The van der Waals surface area contributed by atoms with Gasteiger partial charge in [0.15, 0.2) is 0 Å². The smallest absolute Gasteiger partial charge is 0.337 e. The molecule has 1 N–H and O–H groups in total. The lowest BCUT2D eigenvalue weighted by molar-refractivity contribution is -0.112. The topological polar surface area (TPSA) is 88.4 Å². The predicted molar refractivity (Wildman–Crippen MR) is 140 cm³/mol. The highest BCUT2D eigenvalue weighted by Crippen LogP contribution is 2.28. The molecule has 0 saturated heterocycles. The van der Waals surface area contributed by atoms with E-state index in [1.807, 2.05) is 48.5 Å². The Morgan fingerprint density at radius 2 is 1.75 bits per heavy atom. The normalized spacial score (nSPS) is 11.0. The number of nitrogens with zero attached hydrogens (tertiary/aromatic N) is 1. The summed E-state index contributed by atoms with van der Waals surface area (Å²) in [6.07, 6.45) is 1.44. The summed E-state index contributed by atoms with van der Waals surface area (Å²) in [5.74, 6) is -0.571. The summed E-state index contributed by atoms with van der Waals surface area (Å²) < 4.78 is 10.6. The summed E-state index contributed by atoms with van der Waals surface area (Å²) in [5.41, 5.74) is 2.29. The van der Waals surface area contributed by atoms with Gasteiger partial charge >= 0.3 is 5.97 Å². The number of amides is 1. The Hall–Kier alpha value is -4.60. The molecule has 4 aromatic rings. The van der Waals surface area contributed by atoms with E-state index in [1.165, 1.54) is 25.3 Å². The molecule has 0 bridgehead atoms. The number of carbonyl (C=O) groups excluding carboxylic acids is 2. The van der Waals surface area contributed by atoms with Crippen LogP contribution < -0.4 is 10.1 Å². The van der Waals surface area contributed by atoms with Crippen LogP contribution in [0.2, 0.25) is 5.02 Å². The van der Waals surface area contributed by atoms with E-state index < -0.39 is 11.9 Å². The van der Waals surface area contributed by atoms with E-state index in [0.717, 1.165) is 16.3 Å². The van der Waals surface area contributed by atoms with Crippen molar-refractivity contribution in [1.29, 1.82) is 5.26 Å². The molecule has 0 fully saturated rings. The summed E-state index contributed by atoms with van der Waals surface area (Å²) in [4.78, 5) is 24.1. The minimum atomic E-state index is -0.587. The number of ether oxygens (including phenoxy) is 2. The van der Waals surface area contributed by atoms with Crippen molar-refractivity contribution in [3.05, 3.63) is 112 Å². The third-order valence-electron chi connectivity index (χ3n) is 5.46. The first kappa shape index (κ1) is 24.5. The van der Waals surface area contributed by atoms with Gasteiger partial charge in [0, 0.05) is 5.69 Å². The Morgan fingerprint density at radius 1 is 1.00 bits per heavy atom. The van der Waals surface area contributed by atoms with Crippen molar-refractivity contribution >= 4 is 46.0 Å². The highest BCUT2D eigenvalue weighted by atomic mass is 35.5. The SMILES string of the molecule is COC(=O)c1ccc(NC(=O)/C(C#N)=C/c2ccc(OCc3cccc4ccccc34)c(Cl)c2)cc1. The third-order valence-corrected chi connectivity index (χ3v) is 5.75. The van der Waals surface area contributed by atoms with Crippen molar-refractivity contribution in [3.63, 3.8) is 0 Å². The van der Waals surface area contributed by atoms with Crippen LogP contribution in [0.1, 0.15) is 21.5 Å². The molecule has 4 aromatic carbocycles. The van der Waals surface area contributed by atoms with Gasteiger partial charge in [0.05, 0.1) is 17.7 Å². The van der Waals surface area contributed by atoms with Gasteiger partial charge in [-0.3, -0.25) is 4.79 Å². The summed E-state index contributed by atoms with van der Waals surface area (Å²) in [7, 11) is 1.29. The van der Waals surface area contributed by atoms with E-state index in [1.54, 1.807) is 30.3 Å². The Morgan fingerprint density at radius 3 is 2.47 bits per heavy atom. The van der Waals surface area contributed by atoms with Gasteiger partial charge in [-0.25, -0.2) is 4.79 Å².